The Balaban J connectivity index is 2.46. The minimum atomic E-state index is 0.206. The number of carbonyl (C=O) groups excluding carboxylic acids is 1. The third-order valence-corrected chi connectivity index (χ3v) is 3.01. The lowest BCUT2D eigenvalue weighted by Crippen LogP contribution is -2.16. The van der Waals surface area contributed by atoms with Crippen molar-refractivity contribution in [3.8, 4) is 0 Å². The average Bonchev–Trinajstić information content (AvgIpc) is 2.29. The third kappa shape index (κ3) is 1.12. The first-order valence-corrected chi connectivity index (χ1v) is 4.77. The van der Waals surface area contributed by atoms with Gasteiger partial charge in [-0.1, -0.05) is 18.3 Å². The molecule has 0 unspecified atom stereocenters. The van der Waals surface area contributed by atoms with E-state index in [1.165, 1.54) is 11.3 Å². The molecular formula is C8H10N2OS. The van der Waals surface area contributed by atoms with Gasteiger partial charge in [0.05, 0.1) is 10.6 Å². The van der Waals surface area contributed by atoms with Crippen LogP contribution in [0.2, 0.25) is 0 Å². The Bertz CT molecular complexity index is 332. The molecule has 0 radical (unpaired) electrons. The Morgan fingerprint density at radius 2 is 2.33 bits per heavy atom. The summed E-state index contributed by atoms with van der Waals surface area (Å²) in [6.07, 6.45) is 1.55. The van der Waals surface area contributed by atoms with Crippen LogP contribution in [-0.4, -0.2) is 10.8 Å². The molecule has 4 heteroatoms. The van der Waals surface area contributed by atoms with Crippen molar-refractivity contribution in [1.29, 1.82) is 0 Å². The molecule has 64 valence electrons. The van der Waals surface area contributed by atoms with Gasteiger partial charge in [-0.05, 0) is 12.3 Å². The molecule has 1 aromatic heterocycles. The second kappa shape index (κ2) is 2.55. The molecule has 2 rings (SSSR count). The van der Waals surface area contributed by atoms with Gasteiger partial charge in [0.15, 0.2) is 10.9 Å². The number of ketones is 1. The Labute approximate surface area is 74.6 Å². The van der Waals surface area contributed by atoms with Crippen molar-refractivity contribution >= 4 is 22.3 Å². The molecule has 0 amide bonds. The van der Waals surface area contributed by atoms with E-state index in [4.69, 9.17) is 5.73 Å². The van der Waals surface area contributed by atoms with Crippen LogP contribution in [0.4, 0.5) is 5.13 Å². The number of fused-ring (bicyclic) bond motifs is 1. The highest BCUT2D eigenvalue weighted by atomic mass is 32.1. The second-order valence-electron chi connectivity index (χ2n) is 3.26. The summed E-state index contributed by atoms with van der Waals surface area (Å²) in [4.78, 5) is 16.3. The standard InChI is InChI=1S/C8H10N2OS/c1-4-2-5-7(6(11)3-4)12-8(9)10-5/h4H,2-3H2,1H3,(H2,9,10)/t4-/m1/s1. The fourth-order valence-corrected chi connectivity index (χ4v) is 2.35. The second-order valence-corrected chi connectivity index (χ2v) is 4.30. The molecule has 0 aromatic carbocycles. The molecule has 0 fully saturated rings. The van der Waals surface area contributed by atoms with Crippen molar-refractivity contribution in [3.63, 3.8) is 0 Å². The van der Waals surface area contributed by atoms with Gasteiger partial charge in [0.1, 0.15) is 0 Å². The lowest BCUT2D eigenvalue weighted by atomic mass is 9.92. The van der Waals surface area contributed by atoms with Gasteiger partial charge in [-0.25, -0.2) is 4.98 Å². The lowest BCUT2D eigenvalue weighted by molar-refractivity contribution is 0.0957. The molecule has 1 heterocycles. The Morgan fingerprint density at radius 3 is 3.08 bits per heavy atom. The number of rotatable bonds is 0. The highest BCUT2D eigenvalue weighted by molar-refractivity contribution is 7.17. The Hall–Kier alpha value is -0.900. The first-order valence-electron chi connectivity index (χ1n) is 3.95. The number of carbonyl (C=O) groups is 1. The summed E-state index contributed by atoms with van der Waals surface area (Å²) in [5.74, 6) is 0.629. The molecule has 1 aromatic rings. The maximum Gasteiger partial charge on any atom is 0.180 e. The van der Waals surface area contributed by atoms with E-state index in [0.29, 0.717) is 17.5 Å². The summed E-state index contributed by atoms with van der Waals surface area (Å²) in [5.41, 5.74) is 6.43. The van der Waals surface area contributed by atoms with Crippen LogP contribution in [0.1, 0.15) is 28.7 Å². The van der Waals surface area contributed by atoms with Crippen molar-refractivity contribution < 1.29 is 4.79 Å². The van der Waals surface area contributed by atoms with Crippen molar-refractivity contribution in [2.45, 2.75) is 19.8 Å². The molecule has 3 nitrogen and oxygen atoms in total. The molecule has 0 aliphatic heterocycles. The summed E-state index contributed by atoms with van der Waals surface area (Å²) in [5, 5.41) is 0.516. The first-order chi connectivity index (χ1) is 5.66. The number of nitrogens with zero attached hydrogens (tertiary/aromatic N) is 1. The summed E-state index contributed by atoms with van der Waals surface area (Å²) < 4.78 is 0. The molecule has 0 spiro atoms. The van der Waals surface area contributed by atoms with E-state index in [1.807, 2.05) is 0 Å². The highest BCUT2D eigenvalue weighted by Gasteiger charge is 2.25. The van der Waals surface area contributed by atoms with Gasteiger partial charge in [-0.2, -0.15) is 0 Å². The third-order valence-electron chi connectivity index (χ3n) is 2.04. The molecule has 0 saturated carbocycles. The summed E-state index contributed by atoms with van der Waals surface area (Å²) in [6.45, 7) is 2.07. The normalized spacial score (nSPS) is 22.4. The SMILES string of the molecule is C[C@H]1CC(=O)c2sc(N)nc2C1. The van der Waals surface area contributed by atoms with Gasteiger partial charge in [-0.15, -0.1) is 0 Å². The monoisotopic (exact) mass is 182 g/mol. The Morgan fingerprint density at radius 1 is 1.58 bits per heavy atom. The van der Waals surface area contributed by atoms with Crippen LogP contribution in [0, 0.1) is 5.92 Å². The highest BCUT2D eigenvalue weighted by Crippen LogP contribution is 2.30. The van der Waals surface area contributed by atoms with E-state index in [-0.39, 0.29) is 5.78 Å². The quantitative estimate of drug-likeness (QED) is 0.661. The molecule has 12 heavy (non-hydrogen) atoms. The average molecular weight is 182 g/mol. The van der Waals surface area contributed by atoms with Crippen molar-refractivity contribution in [1.82, 2.24) is 4.98 Å². The van der Waals surface area contributed by atoms with Crippen LogP contribution in [0.5, 0.6) is 0 Å². The molecule has 1 aliphatic rings. The number of nitrogens with two attached hydrogens (primary N) is 1. The van der Waals surface area contributed by atoms with E-state index in [2.05, 4.69) is 11.9 Å². The first kappa shape index (κ1) is 7.73. The largest absolute Gasteiger partial charge is 0.375 e. The Kier molecular flexibility index (Phi) is 1.65. The zero-order valence-electron chi connectivity index (χ0n) is 6.83. The van der Waals surface area contributed by atoms with E-state index in [0.717, 1.165) is 17.0 Å². The van der Waals surface area contributed by atoms with Crippen LogP contribution in [-0.2, 0) is 6.42 Å². The van der Waals surface area contributed by atoms with Crippen molar-refractivity contribution in [3.05, 3.63) is 10.6 Å². The van der Waals surface area contributed by atoms with E-state index in [9.17, 15) is 4.79 Å². The van der Waals surface area contributed by atoms with E-state index < -0.39 is 0 Å². The zero-order valence-corrected chi connectivity index (χ0v) is 7.65. The van der Waals surface area contributed by atoms with Gasteiger partial charge in [-0.3, -0.25) is 4.79 Å². The summed E-state index contributed by atoms with van der Waals surface area (Å²) in [6, 6.07) is 0. The van der Waals surface area contributed by atoms with Crippen LogP contribution < -0.4 is 5.73 Å². The minimum absolute atomic E-state index is 0.206. The number of Topliss-reactive ketones (excluding diaryl/α,β-unsaturated/α-hetero) is 1. The maximum atomic E-state index is 11.4. The molecule has 2 N–H and O–H groups in total. The predicted octanol–water partition coefficient (Wildman–Crippen LogP) is 1.49. The van der Waals surface area contributed by atoms with E-state index >= 15 is 0 Å². The lowest BCUT2D eigenvalue weighted by Gasteiger charge is -2.14. The van der Waals surface area contributed by atoms with Crippen LogP contribution in [0.25, 0.3) is 0 Å². The van der Waals surface area contributed by atoms with Crippen molar-refractivity contribution in [2.75, 3.05) is 5.73 Å². The number of nitrogen functional groups attached to an aromatic ring is 1. The number of aromatic nitrogens is 1. The van der Waals surface area contributed by atoms with Gasteiger partial charge < -0.3 is 5.73 Å². The van der Waals surface area contributed by atoms with Crippen LogP contribution >= 0.6 is 11.3 Å². The molecule has 1 atom stereocenters. The van der Waals surface area contributed by atoms with Crippen molar-refractivity contribution in [2.24, 2.45) is 5.92 Å². The van der Waals surface area contributed by atoms with Crippen LogP contribution in [0.3, 0.4) is 0 Å². The van der Waals surface area contributed by atoms with Gasteiger partial charge in [0.2, 0.25) is 0 Å². The molecule has 0 bridgehead atoms. The zero-order chi connectivity index (χ0) is 8.72. The fraction of sp³-hybridized carbons (Fsp3) is 0.500. The van der Waals surface area contributed by atoms with Gasteiger partial charge in [0, 0.05) is 6.42 Å². The topological polar surface area (TPSA) is 56.0 Å². The molecule has 1 aliphatic carbocycles. The van der Waals surface area contributed by atoms with Gasteiger partial charge in [0.25, 0.3) is 0 Å². The summed E-state index contributed by atoms with van der Waals surface area (Å²) in [7, 11) is 0. The van der Waals surface area contributed by atoms with Gasteiger partial charge >= 0.3 is 0 Å². The minimum Gasteiger partial charge on any atom is -0.375 e. The van der Waals surface area contributed by atoms with Crippen LogP contribution in [0.15, 0.2) is 0 Å². The van der Waals surface area contributed by atoms with E-state index in [1.54, 1.807) is 0 Å². The molecular weight excluding hydrogens is 172 g/mol. The predicted molar refractivity (Wildman–Crippen MR) is 48.3 cm³/mol. The summed E-state index contributed by atoms with van der Waals surface area (Å²) >= 11 is 1.32. The molecule has 0 saturated heterocycles. The number of hydrogen-bond acceptors (Lipinski definition) is 4. The maximum absolute atomic E-state index is 11.4. The number of thiazole rings is 1. The fourth-order valence-electron chi connectivity index (χ4n) is 1.54. The number of anilines is 1. The smallest absolute Gasteiger partial charge is 0.180 e. The number of hydrogen-bond donors (Lipinski definition) is 1.